The number of hydrogen-bond acceptors (Lipinski definition) is 6. The lowest BCUT2D eigenvalue weighted by Gasteiger charge is -2.28. The third kappa shape index (κ3) is 2.68. The summed E-state index contributed by atoms with van der Waals surface area (Å²) in [5.41, 5.74) is 0. The molecule has 2 aliphatic rings. The van der Waals surface area contributed by atoms with E-state index in [2.05, 4.69) is 19.8 Å². The summed E-state index contributed by atoms with van der Waals surface area (Å²) >= 11 is 0. The molecule has 19 heavy (non-hydrogen) atoms. The number of ether oxygens (including phenoxy) is 1. The lowest BCUT2D eigenvalue weighted by Crippen LogP contribution is -2.37. The second-order valence-corrected chi connectivity index (χ2v) is 4.85. The van der Waals surface area contributed by atoms with E-state index in [9.17, 15) is 4.79 Å². The number of carbonyl (C=O) groups is 1. The van der Waals surface area contributed by atoms with E-state index in [1.165, 1.54) is 12.8 Å². The maximum absolute atomic E-state index is 11.0. The topological polar surface area (TPSA) is 58.6 Å². The number of nitrogens with zero attached hydrogens (tertiary/aromatic N) is 4. The first-order chi connectivity index (χ1) is 9.36. The van der Waals surface area contributed by atoms with Gasteiger partial charge in [-0.15, -0.1) is 0 Å². The monoisotopic (exact) mass is 262 g/mol. The molecule has 0 aromatic carbocycles. The molecule has 0 amide bonds. The summed E-state index contributed by atoms with van der Waals surface area (Å²) in [5, 5.41) is 0. The van der Waals surface area contributed by atoms with Crippen molar-refractivity contribution in [1.82, 2.24) is 9.97 Å². The van der Waals surface area contributed by atoms with Crippen LogP contribution in [0.1, 0.15) is 23.5 Å². The van der Waals surface area contributed by atoms with E-state index in [1.807, 2.05) is 6.07 Å². The molecule has 6 heteroatoms. The van der Waals surface area contributed by atoms with Gasteiger partial charge in [0, 0.05) is 32.2 Å². The lowest BCUT2D eigenvalue weighted by atomic mass is 10.3. The Balaban J connectivity index is 1.89. The van der Waals surface area contributed by atoms with Crippen LogP contribution in [0.25, 0.3) is 0 Å². The Morgan fingerprint density at radius 2 is 1.58 bits per heavy atom. The lowest BCUT2D eigenvalue weighted by molar-refractivity contribution is 0.111. The average molecular weight is 262 g/mol. The Morgan fingerprint density at radius 1 is 1.00 bits per heavy atom. The van der Waals surface area contributed by atoms with Crippen LogP contribution in [0.5, 0.6) is 0 Å². The van der Waals surface area contributed by atoms with Gasteiger partial charge in [0.1, 0.15) is 11.6 Å². The summed E-state index contributed by atoms with van der Waals surface area (Å²) in [6, 6.07) is 1.99. The molecule has 0 spiro atoms. The molecule has 102 valence electrons. The Morgan fingerprint density at radius 3 is 2.16 bits per heavy atom. The Bertz CT molecular complexity index is 454. The molecular formula is C13H18N4O2. The fourth-order valence-electron chi connectivity index (χ4n) is 2.56. The van der Waals surface area contributed by atoms with E-state index in [0.29, 0.717) is 13.2 Å². The molecule has 6 nitrogen and oxygen atoms in total. The molecule has 0 atom stereocenters. The van der Waals surface area contributed by atoms with E-state index in [-0.39, 0.29) is 5.82 Å². The summed E-state index contributed by atoms with van der Waals surface area (Å²) in [7, 11) is 0. The van der Waals surface area contributed by atoms with Crippen LogP contribution >= 0.6 is 0 Å². The molecule has 3 rings (SSSR count). The van der Waals surface area contributed by atoms with Gasteiger partial charge in [0.05, 0.1) is 13.2 Å². The normalized spacial score (nSPS) is 19.8. The van der Waals surface area contributed by atoms with E-state index >= 15 is 0 Å². The van der Waals surface area contributed by atoms with E-state index in [1.54, 1.807) is 0 Å². The van der Waals surface area contributed by atoms with Gasteiger partial charge in [-0.1, -0.05) is 0 Å². The molecule has 2 aliphatic heterocycles. The first-order valence-corrected chi connectivity index (χ1v) is 6.79. The predicted molar refractivity (Wildman–Crippen MR) is 71.9 cm³/mol. The van der Waals surface area contributed by atoms with Crippen molar-refractivity contribution in [2.45, 2.75) is 12.8 Å². The van der Waals surface area contributed by atoms with Crippen LogP contribution in [0, 0.1) is 0 Å². The summed E-state index contributed by atoms with van der Waals surface area (Å²) in [5.74, 6) is 1.98. The standard InChI is InChI=1S/C13H18N4O2/c18-10-11-14-12(16-3-1-2-4-16)9-13(15-11)17-5-7-19-8-6-17/h9-10H,1-8H2. The smallest absolute Gasteiger partial charge is 0.196 e. The van der Waals surface area contributed by atoms with E-state index in [0.717, 1.165) is 44.1 Å². The maximum atomic E-state index is 11.0. The molecule has 2 saturated heterocycles. The van der Waals surface area contributed by atoms with Crippen molar-refractivity contribution in [3.05, 3.63) is 11.9 Å². The number of morpholine rings is 1. The number of rotatable bonds is 3. The summed E-state index contributed by atoms with van der Waals surface area (Å²) < 4.78 is 5.34. The molecule has 1 aromatic heterocycles. The highest BCUT2D eigenvalue weighted by Gasteiger charge is 2.19. The maximum Gasteiger partial charge on any atom is 0.196 e. The SMILES string of the molecule is O=Cc1nc(N2CCCC2)cc(N2CCOCC2)n1. The Labute approximate surface area is 112 Å². The summed E-state index contributed by atoms with van der Waals surface area (Å²) in [4.78, 5) is 24.0. The zero-order valence-electron chi connectivity index (χ0n) is 10.9. The van der Waals surface area contributed by atoms with Gasteiger partial charge < -0.3 is 14.5 Å². The van der Waals surface area contributed by atoms with Gasteiger partial charge in [-0.05, 0) is 12.8 Å². The second kappa shape index (κ2) is 5.52. The largest absolute Gasteiger partial charge is 0.378 e. The minimum atomic E-state index is 0.269. The van der Waals surface area contributed by atoms with Crippen LogP contribution in [0.2, 0.25) is 0 Å². The number of anilines is 2. The summed E-state index contributed by atoms with van der Waals surface area (Å²) in [6.07, 6.45) is 3.10. The van der Waals surface area contributed by atoms with Crippen LogP contribution < -0.4 is 9.80 Å². The van der Waals surface area contributed by atoms with Gasteiger partial charge in [0.2, 0.25) is 0 Å². The van der Waals surface area contributed by atoms with Crippen LogP contribution in [-0.2, 0) is 4.74 Å². The van der Waals surface area contributed by atoms with E-state index < -0.39 is 0 Å². The van der Waals surface area contributed by atoms with Crippen molar-refractivity contribution >= 4 is 17.9 Å². The molecule has 0 bridgehead atoms. The molecule has 1 aromatic rings. The van der Waals surface area contributed by atoms with Crippen molar-refractivity contribution in [1.29, 1.82) is 0 Å². The molecule has 0 radical (unpaired) electrons. The third-order valence-electron chi connectivity index (χ3n) is 3.59. The number of aldehydes is 1. The average Bonchev–Trinajstić information content (AvgIpc) is 3.02. The van der Waals surface area contributed by atoms with Gasteiger partial charge in [-0.3, -0.25) is 4.79 Å². The first kappa shape index (κ1) is 12.3. The minimum Gasteiger partial charge on any atom is -0.378 e. The zero-order chi connectivity index (χ0) is 13.1. The van der Waals surface area contributed by atoms with Crippen LogP contribution in [0.3, 0.4) is 0 Å². The zero-order valence-corrected chi connectivity index (χ0v) is 10.9. The van der Waals surface area contributed by atoms with Crippen LogP contribution in [0.15, 0.2) is 6.07 Å². The molecule has 0 unspecified atom stereocenters. The van der Waals surface area contributed by atoms with Crippen molar-refractivity contribution in [3.8, 4) is 0 Å². The molecule has 0 N–H and O–H groups in total. The predicted octanol–water partition coefficient (Wildman–Crippen LogP) is 0.726. The van der Waals surface area contributed by atoms with Gasteiger partial charge in [-0.2, -0.15) is 0 Å². The van der Waals surface area contributed by atoms with Gasteiger partial charge in [-0.25, -0.2) is 9.97 Å². The number of hydrogen-bond donors (Lipinski definition) is 0. The Hall–Kier alpha value is -1.69. The van der Waals surface area contributed by atoms with Gasteiger partial charge >= 0.3 is 0 Å². The van der Waals surface area contributed by atoms with Crippen LogP contribution in [-0.4, -0.2) is 55.6 Å². The molecule has 2 fully saturated rings. The highest BCUT2D eigenvalue weighted by atomic mass is 16.5. The second-order valence-electron chi connectivity index (χ2n) is 4.85. The number of carbonyl (C=O) groups excluding carboxylic acids is 1. The fraction of sp³-hybridized carbons (Fsp3) is 0.615. The molecule has 0 aliphatic carbocycles. The molecular weight excluding hydrogens is 244 g/mol. The highest BCUT2D eigenvalue weighted by molar-refractivity contribution is 5.71. The van der Waals surface area contributed by atoms with Crippen molar-refractivity contribution < 1.29 is 9.53 Å². The van der Waals surface area contributed by atoms with Gasteiger partial charge in [0.15, 0.2) is 12.1 Å². The van der Waals surface area contributed by atoms with Crippen molar-refractivity contribution in [2.24, 2.45) is 0 Å². The minimum absolute atomic E-state index is 0.269. The van der Waals surface area contributed by atoms with Gasteiger partial charge in [0.25, 0.3) is 0 Å². The van der Waals surface area contributed by atoms with E-state index in [4.69, 9.17) is 4.74 Å². The Kier molecular flexibility index (Phi) is 3.59. The number of aromatic nitrogens is 2. The highest BCUT2D eigenvalue weighted by Crippen LogP contribution is 2.22. The quantitative estimate of drug-likeness (QED) is 0.748. The third-order valence-corrected chi connectivity index (χ3v) is 3.59. The fourth-order valence-corrected chi connectivity index (χ4v) is 2.56. The molecule has 0 saturated carbocycles. The molecule has 3 heterocycles. The van der Waals surface area contributed by atoms with Crippen molar-refractivity contribution in [3.63, 3.8) is 0 Å². The first-order valence-electron chi connectivity index (χ1n) is 6.79. The summed E-state index contributed by atoms with van der Waals surface area (Å²) in [6.45, 7) is 5.07. The van der Waals surface area contributed by atoms with Crippen molar-refractivity contribution in [2.75, 3.05) is 49.2 Å². The van der Waals surface area contributed by atoms with Crippen LogP contribution in [0.4, 0.5) is 11.6 Å².